The van der Waals surface area contributed by atoms with Gasteiger partial charge in [-0.05, 0) is 0 Å². The van der Waals surface area contributed by atoms with Crippen LogP contribution in [0.15, 0.2) is 38.0 Å². The van der Waals surface area contributed by atoms with Gasteiger partial charge in [-0.2, -0.15) is 0 Å². The number of allylic oxidation sites excluding steroid dienone is 3. The monoisotopic (exact) mass is 258 g/mol. The zero-order valence-electron chi connectivity index (χ0n) is 7.78. The maximum absolute atomic E-state index is 3.73. The zero-order valence-corrected chi connectivity index (χ0v) is 11.4. The highest BCUT2D eigenvalue weighted by Crippen LogP contribution is 2.06. The lowest BCUT2D eigenvalue weighted by Crippen LogP contribution is -2.07. The molecule has 0 spiro atoms. The molecule has 0 unspecified atom stereocenters. The van der Waals surface area contributed by atoms with E-state index in [4.69, 9.17) is 0 Å². The number of hydrogen-bond donors (Lipinski definition) is 0. The van der Waals surface area contributed by atoms with Gasteiger partial charge in [0.1, 0.15) is 0 Å². The lowest BCUT2D eigenvalue weighted by molar-refractivity contribution is 1.45. The van der Waals surface area contributed by atoms with Gasteiger partial charge < -0.3 is 0 Å². The van der Waals surface area contributed by atoms with E-state index in [1.165, 1.54) is 15.8 Å². The largest absolute Gasteiger partial charge is 0.274 e. The lowest BCUT2D eigenvalue weighted by Gasteiger charge is -2.00. The normalized spacial score (nSPS) is 6.46. The van der Waals surface area contributed by atoms with Crippen LogP contribution in [-0.4, -0.2) is 14.1 Å². The highest BCUT2D eigenvalue weighted by molar-refractivity contribution is 6.60. The Morgan fingerprint density at radius 3 is 1.08 bits per heavy atom. The SMILES string of the molecule is C=C[CH2][Al]([CH2]C=C)[CH2]C=C.Cl.Cl.Cl. The molecular weight excluding hydrogens is 241 g/mol. The van der Waals surface area contributed by atoms with Crippen molar-refractivity contribution in [3.63, 3.8) is 0 Å². The molecule has 0 bridgehead atoms. The van der Waals surface area contributed by atoms with Crippen molar-refractivity contribution >= 4 is 51.4 Å². The van der Waals surface area contributed by atoms with E-state index in [2.05, 4.69) is 19.7 Å². The molecule has 0 aromatic carbocycles. The fourth-order valence-electron chi connectivity index (χ4n) is 0.996. The first-order valence-electron chi connectivity index (χ1n) is 3.67. The minimum Gasteiger partial charge on any atom is -0.147 e. The summed E-state index contributed by atoms with van der Waals surface area (Å²) in [6.45, 7) is 11.2. The van der Waals surface area contributed by atoms with E-state index >= 15 is 0 Å². The van der Waals surface area contributed by atoms with Crippen molar-refractivity contribution in [2.45, 2.75) is 15.8 Å². The van der Waals surface area contributed by atoms with Crippen LogP contribution < -0.4 is 0 Å². The van der Waals surface area contributed by atoms with E-state index < -0.39 is 14.1 Å². The first-order valence-corrected chi connectivity index (χ1v) is 6.12. The molecule has 13 heavy (non-hydrogen) atoms. The van der Waals surface area contributed by atoms with Gasteiger partial charge in [-0.25, -0.2) is 0 Å². The molecule has 0 saturated carbocycles. The number of rotatable bonds is 6. The van der Waals surface area contributed by atoms with Crippen LogP contribution in [0.3, 0.4) is 0 Å². The molecule has 78 valence electrons. The third-order valence-corrected chi connectivity index (χ3v) is 4.50. The predicted molar refractivity (Wildman–Crippen MR) is 72.5 cm³/mol. The van der Waals surface area contributed by atoms with Gasteiger partial charge in [-0.3, -0.25) is 0 Å². The Balaban J connectivity index is -0.000000135. The second-order valence-electron chi connectivity index (χ2n) is 2.44. The zero-order chi connectivity index (χ0) is 7.82. The van der Waals surface area contributed by atoms with E-state index in [1.807, 2.05) is 18.2 Å². The number of hydrogen-bond acceptors (Lipinski definition) is 0. The quantitative estimate of drug-likeness (QED) is 0.493. The summed E-state index contributed by atoms with van der Waals surface area (Å²) in [5, 5.41) is 3.62. The second-order valence-corrected chi connectivity index (χ2v) is 5.59. The van der Waals surface area contributed by atoms with Crippen molar-refractivity contribution in [2.75, 3.05) is 0 Å². The Bertz CT molecular complexity index is 102. The van der Waals surface area contributed by atoms with Crippen LogP contribution in [0.4, 0.5) is 0 Å². The fraction of sp³-hybridized carbons (Fsp3) is 0.333. The van der Waals surface area contributed by atoms with Crippen LogP contribution in [-0.2, 0) is 0 Å². The molecular formula is C9H18AlCl3. The Kier molecular flexibility index (Phi) is 33.2. The van der Waals surface area contributed by atoms with Crippen LogP contribution in [0.25, 0.3) is 0 Å². The summed E-state index contributed by atoms with van der Waals surface area (Å²) in [7, 11) is 0. The van der Waals surface area contributed by atoms with Gasteiger partial charge in [0, 0.05) is 0 Å². The van der Waals surface area contributed by atoms with E-state index in [9.17, 15) is 0 Å². The van der Waals surface area contributed by atoms with Crippen molar-refractivity contribution in [3.05, 3.63) is 38.0 Å². The molecule has 0 amide bonds. The van der Waals surface area contributed by atoms with Crippen LogP contribution >= 0.6 is 37.2 Å². The first kappa shape index (κ1) is 23.4. The summed E-state index contributed by atoms with van der Waals surface area (Å²) in [4.78, 5) is 0. The molecule has 0 aliphatic heterocycles. The molecule has 0 aromatic rings. The van der Waals surface area contributed by atoms with Gasteiger partial charge in [0.15, 0.2) is 0 Å². The van der Waals surface area contributed by atoms with E-state index in [0.717, 1.165) is 0 Å². The maximum atomic E-state index is 3.73. The number of halogens is 3. The van der Waals surface area contributed by atoms with Crippen LogP contribution in [0.1, 0.15) is 0 Å². The van der Waals surface area contributed by atoms with Gasteiger partial charge >= 0.3 is 0 Å². The molecule has 0 atom stereocenters. The standard InChI is InChI=1S/3C3H5.Al.3ClH/c3*1-3-2;;;;/h3*3H,1-2H2;;3*1H. The molecule has 4 heteroatoms. The topological polar surface area (TPSA) is 0 Å². The maximum Gasteiger partial charge on any atom is 0.274 e. The molecule has 0 nitrogen and oxygen atoms in total. The second kappa shape index (κ2) is 18.4. The molecule has 0 saturated heterocycles. The van der Waals surface area contributed by atoms with Crippen molar-refractivity contribution in [1.29, 1.82) is 0 Å². The summed E-state index contributed by atoms with van der Waals surface area (Å²) in [5.41, 5.74) is 0. The summed E-state index contributed by atoms with van der Waals surface area (Å²) < 4.78 is 0. The van der Waals surface area contributed by atoms with E-state index in [-0.39, 0.29) is 37.2 Å². The molecule has 0 radical (unpaired) electrons. The highest BCUT2D eigenvalue weighted by atomic mass is 35.5. The van der Waals surface area contributed by atoms with Crippen LogP contribution in [0.2, 0.25) is 15.8 Å². The summed E-state index contributed by atoms with van der Waals surface area (Å²) >= 11 is -0.588. The summed E-state index contributed by atoms with van der Waals surface area (Å²) in [6.07, 6.45) is 6.05. The minimum absolute atomic E-state index is 0. The molecule has 0 rings (SSSR count). The van der Waals surface area contributed by atoms with Crippen LogP contribution in [0.5, 0.6) is 0 Å². The molecule has 0 aromatic heterocycles. The molecule has 0 heterocycles. The fourth-order valence-corrected chi connectivity index (χ4v) is 2.99. The van der Waals surface area contributed by atoms with Crippen molar-refractivity contribution < 1.29 is 0 Å². The molecule has 0 aliphatic carbocycles. The Morgan fingerprint density at radius 2 is 0.923 bits per heavy atom. The van der Waals surface area contributed by atoms with Crippen molar-refractivity contribution in [2.24, 2.45) is 0 Å². The summed E-state index contributed by atoms with van der Waals surface area (Å²) in [6, 6.07) is 0. The lowest BCUT2D eigenvalue weighted by atomic mass is 10.7. The molecule has 0 N–H and O–H groups in total. The van der Waals surface area contributed by atoms with Gasteiger partial charge in [0.05, 0.1) is 0 Å². The first-order chi connectivity index (χ1) is 4.85. The van der Waals surface area contributed by atoms with Gasteiger partial charge in [-0.15, -0.1) is 75.2 Å². The van der Waals surface area contributed by atoms with E-state index in [1.54, 1.807) is 0 Å². The Morgan fingerprint density at radius 1 is 0.692 bits per heavy atom. The van der Waals surface area contributed by atoms with Gasteiger partial charge in [0.25, 0.3) is 14.1 Å². The molecule has 0 fully saturated rings. The predicted octanol–water partition coefficient (Wildman–Crippen LogP) is 4.30. The Labute approximate surface area is 105 Å². The highest BCUT2D eigenvalue weighted by Gasteiger charge is 2.09. The molecule has 0 aliphatic rings. The minimum atomic E-state index is -0.588. The summed E-state index contributed by atoms with van der Waals surface area (Å²) in [5.74, 6) is 0. The third kappa shape index (κ3) is 15.4. The third-order valence-electron chi connectivity index (χ3n) is 1.50. The van der Waals surface area contributed by atoms with Gasteiger partial charge in [0.2, 0.25) is 0 Å². The van der Waals surface area contributed by atoms with Gasteiger partial charge in [-0.1, -0.05) is 15.8 Å². The van der Waals surface area contributed by atoms with Crippen molar-refractivity contribution in [3.8, 4) is 0 Å². The average molecular weight is 260 g/mol. The van der Waals surface area contributed by atoms with Crippen LogP contribution in [0, 0.1) is 0 Å². The van der Waals surface area contributed by atoms with Crippen molar-refractivity contribution in [1.82, 2.24) is 0 Å². The average Bonchev–Trinajstić information content (AvgIpc) is 1.90. The van der Waals surface area contributed by atoms with E-state index in [0.29, 0.717) is 0 Å². The smallest absolute Gasteiger partial charge is 0.147 e. The Hall–Kier alpha value is 0.622.